The first kappa shape index (κ1) is 25.3. The number of carboxylic acid groups (broad SMARTS) is 1. The molecule has 0 spiro atoms. The number of aliphatic hydroxyl groups excluding tert-OH is 1. The lowest BCUT2D eigenvalue weighted by Crippen LogP contribution is -2.30. The molecule has 1 fully saturated rings. The Hall–Kier alpha value is -5.32. The Morgan fingerprint density at radius 2 is 1.59 bits per heavy atom. The third-order valence-corrected chi connectivity index (χ3v) is 6.48. The largest absolute Gasteiger partial charge is 0.507 e. The molecular weight excluding hydrogens is 506 g/mol. The summed E-state index contributed by atoms with van der Waals surface area (Å²) in [6, 6.07) is 14.6. The first-order valence-electron chi connectivity index (χ1n) is 11.7. The number of nitrogens with zero attached hydrogens (tertiary/aromatic N) is 2. The number of hydrogen-bond acceptors (Lipinski definition) is 8. The summed E-state index contributed by atoms with van der Waals surface area (Å²) in [5.74, 6) is -2.24. The molecule has 1 saturated heterocycles. The molecule has 0 bridgehead atoms. The fraction of sp³-hybridized carbons (Fsp3) is 0.143. The number of fused-ring (bicyclic) bond motifs is 1. The Balaban J connectivity index is 1.74. The zero-order valence-electron chi connectivity index (χ0n) is 21.1. The topological polar surface area (TPSA) is 151 Å². The Kier molecular flexibility index (Phi) is 6.40. The summed E-state index contributed by atoms with van der Waals surface area (Å²) < 4.78 is 15.9. The van der Waals surface area contributed by atoms with Gasteiger partial charge < -0.3 is 29.4 Å². The van der Waals surface area contributed by atoms with E-state index < -0.39 is 29.5 Å². The monoisotopic (exact) mass is 529 g/mol. The van der Waals surface area contributed by atoms with E-state index >= 15 is 0 Å². The fourth-order valence-corrected chi connectivity index (χ4v) is 4.54. The standard InChI is InChI=1S/C28H23N3O8/c1-37-16-7-4-14(5-8-16)23-22(24(32)18-13-17(38-2)9-11-21(18)39-3)25(33)26(34)31(23)28-29-19-10-6-15(27(35)36)12-20(19)30-28/h4-13,23,32H,1-3H3,(H,29,30)(H,35,36)/b24-22+. The Morgan fingerprint density at radius 3 is 2.23 bits per heavy atom. The predicted octanol–water partition coefficient (Wildman–Crippen LogP) is 3.91. The van der Waals surface area contributed by atoms with E-state index in [-0.39, 0.29) is 28.4 Å². The molecule has 1 aliphatic heterocycles. The van der Waals surface area contributed by atoms with Crippen LogP contribution in [0.3, 0.4) is 0 Å². The molecule has 4 aromatic rings. The number of rotatable bonds is 7. The minimum Gasteiger partial charge on any atom is -0.507 e. The van der Waals surface area contributed by atoms with Gasteiger partial charge in [-0.15, -0.1) is 0 Å². The van der Waals surface area contributed by atoms with Crippen LogP contribution in [0.1, 0.15) is 27.5 Å². The van der Waals surface area contributed by atoms with Crippen LogP contribution in [0.15, 0.2) is 66.2 Å². The van der Waals surface area contributed by atoms with Crippen LogP contribution in [-0.4, -0.2) is 59.2 Å². The highest BCUT2D eigenvalue weighted by atomic mass is 16.5. The number of carbonyl (C=O) groups is 3. The number of ether oxygens (including phenoxy) is 3. The highest BCUT2D eigenvalue weighted by Crippen LogP contribution is 2.43. The molecule has 1 unspecified atom stereocenters. The summed E-state index contributed by atoms with van der Waals surface area (Å²) in [5.41, 5.74) is 1.23. The molecule has 3 N–H and O–H groups in total. The maximum Gasteiger partial charge on any atom is 0.335 e. The molecule has 0 saturated carbocycles. The molecule has 2 heterocycles. The van der Waals surface area contributed by atoms with Gasteiger partial charge in [0.15, 0.2) is 0 Å². The van der Waals surface area contributed by atoms with Gasteiger partial charge in [-0.2, -0.15) is 0 Å². The van der Waals surface area contributed by atoms with Crippen LogP contribution in [-0.2, 0) is 9.59 Å². The molecule has 1 atom stereocenters. The summed E-state index contributed by atoms with van der Waals surface area (Å²) in [6.07, 6.45) is 0. The number of carbonyl (C=O) groups excluding carboxylic acids is 2. The van der Waals surface area contributed by atoms with Gasteiger partial charge in [0.05, 0.1) is 55.1 Å². The summed E-state index contributed by atoms with van der Waals surface area (Å²) in [4.78, 5) is 47.0. The van der Waals surface area contributed by atoms with Gasteiger partial charge in [-0.1, -0.05) is 12.1 Å². The quantitative estimate of drug-likeness (QED) is 0.184. The van der Waals surface area contributed by atoms with Gasteiger partial charge in [-0.05, 0) is 54.1 Å². The first-order chi connectivity index (χ1) is 18.8. The van der Waals surface area contributed by atoms with Crippen molar-refractivity contribution in [2.75, 3.05) is 26.2 Å². The van der Waals surface area contributed by atoms with Gasteiger partial charge in [-0.3, -0.25) is 14.5 Å². The SMILES string of the molecule is COc1ccc(C2/C(=C(\O)c3cc(OC)ccc3OC)C(=O)C(=O)N2c2nc3ccc(C(=O)O)cc3[nH]2)cc1. The van der Waals surface area contributed by atoms with E-state index in [2.05, 4.69) is 9.97 Å². The molecule has 1 amide bonds. The summed E-state index contributed by atoms with van der Waals surface area (Å²) in [6.45, 7) is 0. The molecule has 1 aromatic heterocycles. The highest BCUT2D eigenvalue weighted by Gasteiger charge is 2.48. The molecule has 3 aromatic carbocycles. The van der Waals surface area contributed by atoms with E-state index in [9.17, 15) is 24.6 Å². The summed E-state index contributed by atoms with van der Waals surface area (Å²) in [7, 11) is 4.38. The number of aromatic carboxylic acids is 1. The van der Waals surface area contributed by atoms with Crippen molar-refractivity contribution in [1.82, 2.24) is 9.97 Å². The number of benzene rings is 3. The number of Topliss-reactive ketones (excluding diaryl/α,β-unsaturated/α-hetero) is 1. The number of aliphatic hydroxyl groups is 1. The number of aromatic nitrogens is 2. The minimum absolute atomic E-state index is 0.00659. The van der Waals surface area contributed by atoms with E-state index in [1.165, 1.54) is 45.6 Å². The third kappa shape index (κ3) is 4.29. The summed E-state index contributed by atoms with van der Waals surface area (Å²) in [5, 5.41) is 20.8. The van der Waals surface area contributed by atoms with Crippen LogP contribution in [0.25, 0.3) is 16.8 Å². The maximum absolute atomic E-state index is 13.5. The van der Waals surface area contributed by atoms with Crippen molar-refractivity contribution >= 4 is 40.4 Å². The van der Waals surface area contributed by atoms with Crippen molar-refractivity contribution in [3.05, 3.63) is 82.9 Å². The third-order valence-electron chi connectivity index (χ3n) is 6.48. The maximum atomic E-state index is 13.5. The minimum atomic E-state index is -1.13. The molecule has 5 rings (SSSR count). The van der Waals surface area contributed by atoms with E-state index in [4.69, 9.17) is 14.2 Å². The highest BCUT2D eigenvalue weighted by molar-refractivity contribution is 6.51. The van der Waals surface area contributed by atoms with Crippen LogP contribution in [0.4, 0.5) is 5.95 Å². The van der Waals surface area contributed by atoms with Crippen LogP contribution in [0, 0.1) is 0 Å². The number of nitrogens with one attached hydrogen (secondary N) is 1. The predicted molar refractivity (Wildman–Crippen MR) is 140 cm³/mol. The first-order valence-corrected chi connectivity index (χ1v) is 11.7. The van der Waals surface area contributed by atoms with Gasteiger partial charge in [0.2, 0.25) is 5.95 Å². The van der Waals surface area contributed by atoms with Crippen LogP contribution in [0.5, 0.6) is 17.2 Å². The van der Waals surface area contributed by atoms with Gasteiger partial charge in [0.25, 0.3) is 5.78 Å². The van der Waals surface area contributed by atoms with Gasteiger partial charge in [0.1, 0.15) is 23.0 Å². The molecule has 11 heteroatoms. The molecular formula is C28H23N3O8. The number of hydrogen-bond donors (Lipinski definition) is 3. The number of ketones is 1. The van der Waals surface area contributed by atoms with E-state index in [1.807, 2.05) is 0 Å². The number of imidazole rings is 1. The van der Waals surface area contributed by atoms with Crippen molar-refractivity contribution in [3.63, 3.8) is 0 Å². The van der Waals surface area contributed by atoms with Gasteiger partial charge in [0, 0.05) is 0 Å². The van der Waals surface area contributed by atoms with E-state index in [1.54, 1.807) is 36.4 Å². The zero-order valence-corrected chi connectivity index (χ0v) is 21.1. The average Bonchev–Trinajstić information content (AvgIpc) is 3.49. The van der Waals surface area contributed by atoms with Crippen LogP contribution < -0.4 is 19.1 Å². The van der Waals surface area contributed by atoms with Gasteiger partial charge >= 0.3 is 11.9 Å². The van der Waals surface area contributed by atoms with Crippen molar-refractivity contribution < 1.29 is 38.8 Å². The van der Waals surface area contributed by atoms with E-state index in [0.29, 0.717) is 28.1 Å². The van der Waals surface area contributed by atoms with Gasteiger partial charge in [-0.25, -0.2) is 9.78 Å². The lowest BCUT2D eigenvalue weighted by atomic mass is 9.95. The fourth-order valence-electron chi connectivity index (χ4n) is 4.54. The number of anilines is 1. The Bertz CT molecular complexity index is 1660. The van der Waals surface area contributed by atoms with Crippen molar-refractivity contribution in [1.29, 1.82) is 0 Å². The molecule has 39 heavy (non-hydrogen) atoms. The average molecular weight is 530 g/mol. The number of aromatic amines is 1. The molecule has 1 aliphatic rings. The smallest absolute Gasteiger partial charge is 0.335 e. The Labute approximate surface area is 221 Å². The normalized spacial score (nSPS) is 16.5. The van der Waals surface area contributed by atoms with E-state index in [0.717, 1.165) is 4.90 Å². The number of H-pyrrole nitrogens is 1. The molecule has 198 valence electrons. The lowest BCUT2D eigenvalue weighted by Gasteiger charge is -2.23. The number of methoxy groups -OCH3 is 3. The zero-order chi connectivity index (χ0) is 27.8. The second-order valence-corrected chi connectivity index (χ2v) is 8.61. The second kappa shape index (κ2) is 9.86. The lowest BCUT2D eigenvalue weighted by molar-refractivity contribution is -0.132. The molecule has 11 nitrogen and oxygen atoms in total. The van der Waals surface area contributed by atoms with Crippen molar-refractivity contribution in [3.8, 4) is 17.2 Å². The Morgan fingerprint density at radius 1 is 0.897 bits per heavy atom. The number of amides is 1. The number of carboxylic acids is 1. The molecule has 0 radical (unpaired) electrons. The second-order valence-electron chi connectivity index (χ2n) is 8.61. The van der Waals surface area contributed by atoms with Crippen molar-refractivity contribution in [2.45, 2.75) is 6.04 Å². The molecule has 0 aliphatic carbocycles. The van der Waals surface area contributed by atoms with Crippen LogP contribution in [0.2, 0.25) is 0 Å². The van der Waals surface area contributed by atoms with Crippen molar-refractivity contribution in [2.24, 2.45) is 0 Å². The van der Waals surface area contributed by atoms with Crippen LogP contribution >= 0.6 is 0 Å². The summed E-state index contributed by atoms with van der Waals surface area (Å²) >= 11 is 0.